The predicted molar refractivity (Wildman–Crippen MR) is 249 cm³/mol. The van der Waals surface area contributed by atoms with Gasteiger partial charge in [0.15, 0.2) is 0 Å². The van der Waals surface area contributed by atoms with Gasteiger partial charge in [-0.15, -0.1) is 0 Å². The Morgan fingerprint density at radius 1 is 0.841 bits per heavy atom. The van der Waals surface area contributed by atoms with Crippen molar-refractivity contribution in [2.45, 2.75) is 89.3 Å². The Morgan fingerprint density at radius 2 is 1.60 bits per heavy atom. The van der Waals surface area contributed by atoms with Gasteiger partial charge in [0.1, 0.15) is 24.8 Å². The SMILES string of the molecule is COc1cc(N2CCC(N3CCN(CCCCCCc4cccc5c4CN(C4CCC(=O)NC4=O)C5=O)CC3)CC2)ccc1Cc1ncc(Cl)c(Cc2ccccc2P(C)(C)=O)n1. The van der Waals surface area contributed by atoms with E-state index in [0.29, 0.717) is 48.3 Å². The van der Waals surface area contributed by atoms with Crippen molar-refractivity contribution >= 4 is 47.5 Å². The first-order valence-electron chi connectivity index (χ1n) is 22.7. The van der Waals surface area contributed by atoms with E-state index in [2.05, 4.69) is 49.3 Å². The summed E-state index contributed by atoms with van der Waals surface area (Å²) in [4.78, 5) is 56.2. The van der Waals surface area contributed by atoms with E-state index in [9.17, 15) is 18.9 Å². The van der Waals surface area contributed by atoms with Gasteiger partial charge in [-0.1, -0.05) is 66.9 Å². The molecule has 0 radical (unpaired) electrons. The van der Waals surface area contributed by atoms with Crippen LogP contribution in [0, 0.1) is 0 Å². The molecule has 14 heteroatoms. The van der Waals surface area contributed by atoms with Crippen molar-refractivity contribution in [3.8, 4) is 5.75 Å². The molecule has 334 valence electrons. The van der Waals surface area contributed by atoms with E-state index < -0.39 is 13.2 Å². The second kappa shape index (κ2) is 20.1. The fourth-order valence-corrected chi connectivity index (χ4v) is 11.4. The van der Waals surface area contributed by atoms with Crippen LogP contribution in [0.25, 0.3) is 0 Å². The number of hydrogen-bond acceptors (Lipinski definition) is 10. The third kappa shape index (κ3) is 10.7. The normalized spacial score (nSPS) is 19.1. The minimum atomic E-state index is -2.46. The zero-order valence-electron chi connectivity index (χ0n) is 37.0. The van der Waals surface area contributed by atoms with E-state index in [-0.39, 0.29) is 24.1 Å². The van der Waals surface area contributed by atoms with Gasteiger partial charge in [0.2, 0.25) is 11.8 Å². The molecular formula is C49H61ClN7O5P. The molecule has 4 aliphatic heterocycles. The number of anilines is 1. The summed E-state index contributed by atoms with van der Waals surface area (Å²) in [6, 6.07) is 20.3. The summed E-state index contributed by atoms with van der Waals surface area (Å²) in [5.74, 6) is 0.765. The maximum Gasteiger partial charge on any atom is 0.255 e. The predicted octanol–water partition coefficient (Wildman–Crippen LogP) is 6.72. The average molecular weight is 894 g/mol. The van der Waals surface area contributed by atoms with Crippen LogP contribution in [0.4, 0.5) is 5.69 Å². The lowest BCUT2D eigenvalue weighted by molar-refractivity contribution is -0.136. The molecule has 63 heavy (non-hydrogen) atoms. The van der Waals surface area contributed by atoms with Crippen LogP contribution in [-0.4, -0.2) is 121 Å². The number of benzene rings is 3. The van der Waals surface area contributed by atoms with Crippen molar-refractivity contribution in [1.82, 2.24) is 30.0 Å². The van der Waals surface area contributed by atoms with E-state index in [1.54, 1.807) is 31.5 Å². The summed E-state index contributed by atoms with van der Waals surface area (Å²) >= 11 is 6.58. The van der Waals surface area contributed by atoms with Gasteiger partial charge < -0.3 is 24.0 Å². The van der Waals surface area contributed by atoms with E-state index >= 15 is 0 Å². The van der Waals surface area contributed by atoms with E-state index in [4.69, 9.17) is 21.3 Å². The topological polar surface area (TPSA) is 128 Å². The van der Waals surface area contributed by atoms with Gasteiger partial charge in [0.25, 0.3) is 5.91 Å². The number of nitrogens with zero attached hydrogens (tertiary/aromatic N) is 6. The number of aromatic nitrogens is 2. The number of unbranched alkanes of at least 4 members (excludes halogenated alkanes) is 3. The first kappa shape index (κ1) is 45.0. The van der Waals surface area contributed by atoms with E-state index in [1.165, 1.54) is 24.1 Å². The average Bonchev–Trinajstić information content (AvgIpc) is 3.62. The zero-order valence-corrected chi connectivity index (χ0v) is 38.6. The summed E-state index contributed by atoms with van der Waals surface area (Å²) in [7, 11) is -0.745. The molecule has 12 nitrogen and oxygen atoms in total. The molecule has 3 fully saturated rings. The molecule has 3 saturated heterocycles. The Kier molecular flexibility index (Phi) is 14.3. The third-order valence-corrected chi connectivity index (χ3v) is 15.4. The van der Waals surface area contributed by atoms with Gasteiger partial charge in [-0.3, -0.25) is 24.6 Å². The summed E-state index contributed by atoms with van der Waals surface area (Å²) in [5, 5.41) is 3.75. The van der Waals surface area contributed by atoms with Crippen molar-refractivity contribution < 1.29 is 23.7 Å². The van der Waals surface area contributed by atoms with Crippen LogP contribution < -0.4 is 20.3 Å². The zero-order chi connectivity index (χ0) is 44.1. The van der Waals surface area contributed by atoms with Crippen LogP contribution in [0.1, 0.15) is 95.5 Å². The number of aryl methyl sites for hydroxylation is 1. The minimum absolute atomic E-state index is 0.101. The summed E-state index contributed by atoms with van der Waals surface area (Å²) in [6.45, 7) is 11.7. The molecule has 0 spiro atoms. The highest BCUT2D eigenvalue weighted by molar-refractivity contribution is 7.70. The van der Waals surface area contributed by atoms with Gasteiger partial charge in [0, 0.05) is 105 Å². The van der Waals surface area contributed by atoms with Crippen molar-refractivity contribution in [2.24, 2.45) is 0 Å². The lowest BCUT2D eigenvalue weighted by atomic mass is 9.98. The van der Waals surface area contributed by atoms with Gasteiger partial charge in [-0.25, -0.2) is 9.97 Å². The van der Waals surface area contributed by atoms with Crippen LogP contribution in [0.2, 0.25) is 5.02 Å². The maximum atomic E-state index is 13.2. The number of halogens is 1. The first-order chi connectivity index (χ1) is 30.4. The molecule has 3 aromatic carbocycles. The third-order valence-electron chi connectivity index (χ3n) is 13.5. The molecule has 0 saturated carbocycles. The number of methoxy groups -OCH3 is 1. The molecule has 1 atom stereocenters. The van der Waals surface area contributed by atoms with Crippen LogP contribution in [0.3, 0.4) is 0 Å². The van der Waals surface area contributed by atoms with Crippen LogP contribution in [-0.2, 0) is 40.0 Å². The Labute approximate surface area is 377 Å². The number of imide groups is 1. The number of piperazine rings is 1. The number of carbonyl (C=O) groups excluding carboxylic acids is 3. The number of piperidine rings is 2. The molecule has 0 bridgehead atoms. The van der Waals surface area contributed by atoms with Gasteiger partial charge in [0.05, 0.1) is 17.8 Å². The fourth-order valence-electron chi connectivity index (χ4n) is 10.00. The van der Waals surface area contributed by atoms with E-state index in [1.807, 2.05) is 36.4 Å². The highest BCUT2D eigenvalue weighted by Crippen LogP contribution is 2.37. The standard InChI is InChI=1S/C49H61ClN7O5P/c1-62-44-31-38(17-16-35(44)30-46-51-32-41(50)42(52-46)29-36-12-7-8-15-45(36)63(2,3)61)55-23-20-37(21-24-55)56-27-25-54(26-28-56)22-9-5-4-6-11-34-13-10-14-39-40(34)33-57(49(39)60)43-18-19-47(58)53-48(43)59/h7-8,10,12-17,31-32,37,43H,4-6,9,11,18-30,33H2,1-3H3,(H,53,58,59). The molecule has 3 amide bonds. The second-order valence-corrected chi connectivity index (χ2v) is 21.6. The van der Waals surface area contributed by atoms with Crippen molar-refractivity contribution in [2.75, 3.05) is 71.2 Å². The summed E-state index contributed by atoms with van der Waals surface area (Å²) < 4.78 is 18.9. The smallest absolute Gasteiger partial charge is 0.255 e. The Balaban J connectivity index is 0.747. The molecule has 1 unspecified atom stereocenters. The van der Waals surface area contributed by atoms with Crippen molar-refractivity contribution in [3.05, 3.63) is 111 Å². The summed E-state index contributed by atoms with van der Waals surface area (Å²) in [6.07, 6.45) is 11.2. The maximum absolute atomic E-state index is 13.2. The van der Waals surface area contributed by atoms with Gasteiger partial charge >= 0.3 is 0 Å². The number of amides is 3. The number of nitrogens with one attached hydrogen (secondary N) is 1. The summed E-state index contributed by atoms with van der Waals surface area (Å²) in [5.41, 5.74) is 6.84. The molecule has 5 heterocycles. The Hall–Kier alpha value is -4.61. The highest BCUT2D eigenvalue weighted by Gasteiger charge is 2.39. The highest BCUT2D eigenvalue weighted by atomic mass is 35.5. The molecule has 4 aliphatic rings. The van der Waals surface area contributed by atoms with Gasteiger partial charge in [-0.2, -0.15) is 0 Å². The second-order valence-electron chi connectivity index (χ2n) is 18.0. The van der Waals surface area contributed by atoms with Crippen LogP contribution in [0.15, 0.2) is 66.9 Å². The number of fused-ring (bicyclic) bond motifs is 1. The quantitative estimate of drug-likeness (QED) is 0.0736. The van der Waals surface area contributed by atoms with E-state index in [0.717, 1.165) is 111 Å². The van der Waals surface area contributed by atoms with Crippen molar-refractivity contribution in [1.29, 1.82) is 0 Å². The van der Waals surface area contributed by atoms with Crippen LogP contribution in [0.5, 0.6) is 5.75 Å². The number of ether oxygens (including phenoxy) is 1. The molecule has 0 aliphatic carbocycles. The number of hydrogen-bond donors (Lipinski definition) is 1. The van der Waals surface area contributed by atoms with Gasteiger partial charge in [-0.05, 0) is 87.2 Å². The molecule has 8 rings (SSSR count). The molecular weight excluding hydrogens is 833 g/mol. The minimum Gasteiger partial charge on any atom is -0.496 e. The first-order valence-corrected chi connectivity index (χ1v) is 25.7. The number of rotatable bonds is 16. The Bertz CT molecular complexity index is 2360. The fraction of sp³-hybridized carbons (Fsp3) is 0.490. The Morgan fingerprint density at radius 3 is 2.37 bits per heavy atom. The molecule has 1 aromatic heterocycles. The monoisotopic (exact) mass is 893 g/mol. The van der Waals surface area contributed by atoms with Crippen molar-refractivity contribution in [3.63, 3.8) is 0 Å². The largest absolute Gasteiger partial charge is 0.496 e. The lowest BCUT2D eigenvalue weighted by Gasteiger charge is -2.43. The molecule has 4 aromatic rings. The lowest BCUT2D eigenvalue weighted by Crippen LogP contribution is -2.53. The molecule has 1 N–H and O–H groups in total. The number of carbonyl (C=O) groups is 3. The van der Waals surface area contributed by atoms with Crippen LogP contribution >= 0.6 is 18.7 Å².